The van der Waals surface area contributed by atoms with Gasteiger partial charge in [0.25, 0.3) is 0 Å². The highest BCUT2D eigenvalue weighted by Crippen LogP contribution is 2.40. The van der Waals surface area contributed by atoms with Crippen molar-refractivity contribution >= 4 is 75.9 Å². The lowest BCUT2D eigenvalue weighted by Gasteiger charge is -2.13. The van der Waals surface area contributed by atoms with E-state index in [2.05, 4.69) is 179 Å². The fourth-order valence-electron chi connectivity index (χ4n) is 8.79. The monoisotopic (exact) mass is 713 g/mol. The van der Waals surface area contributed by atoms with Crippen molar-refractivity contribution < 1.29 is 0 Å². The molecule has 260 valence electrons. The highest BCUT2D eigenvalue weighted by Gasteiger charge is 2.21. The predicted molar refractivity (Wildman–Crippen MR) is 232 cm³/mol. The summed E-state index contributed by atoms with van der Waals surface area (Å²) in [5, 5.41) is 11.9. The van der Waals surface area contributed by atoms with Crippen molar-refractivity contribution in [1.82, 2.24) is 24.1 Å². The van der Waals surface area contributed by atoms with Crippen LogP contribution in [0.1, 0.15) is 0 Å². The zero-order chi connectivity index (χ0) is 36.7. The van der Waals surface area contributed by atoms with Gasteiger partial charge in [-0.2, -0.15) is 9.97 Å². The Morgan fingerprint density at radius 1 is 0.321 bits per heavy atom. The quantitative estimate of drug-likeness (QED) is 0.182. The van der Waals surface area contributed by atoms with Crippen molar-refractivity contribution in [2.45, 2.75) is 0 Å². The first-order valence-electron chi connectivity index (χ1n) is 19.0. The number of hydrogen-bond acceptors (Lipinski definition) is 3. The van der Waals surface area contributed by atoms with Crippen molar-refractivity contribution in [3.05, 3.63) is 188 Å². The Bertz CT molecular complexity index is 3540. The molecule has 0 spiro atoms. The highest BCUT2D eigenvalue weighted by molar-refractivity contribution is 6.21. The Hall–Kier alpha value is -7.63. The predicted octanol–water partition coefficient (Wildman–Crippen LogP) is 12.9. The van der Waals surface area contributed by atoms with Crippen molar-refractivity contribution in [2.75, 3.05) is 0 Å². The molecule has 0 aliphatic carbocycles. The average molecular weight is 714 g/mol. The average Bonchev–Trinajstić information content (AvgIpc) is 3.77. The SMILES string of the molecule is c1ccc(-c2nc(-c3cccc4ccccc34)nc(-n3c4ccc(-n5c6ccccc6c6c7ccccc7ccc65)cc4c4cc5ccccc5cc43)n2)cc1. The van der Waals surface area contributed by atoms with E-state index in [1.165, 1.54) is 38.0 Å². The second-order valence-corrected chi connectivity index (χ2v) is 14.5. The third kappa shape index (κ3) is 4.58. The van der Waals surface area contributed by atoms with Gasteiger partial charge in [-0.3, -0.25) is 4.57 Å². The van der Waals surface area contributed by atoms with E-state index in [1.54, 1.807) is 0 Å². The third-order valence-electron chi connectivity index (χ3n) is 11.3. The lowest BCUT2D eigenvalue weighted by atomic mass is 10.0. The van der Waals surface area contributed by atoms with Crippen LogP contribution in [0.5, 0.6) is 0 Å². The molecule has 9 aromatic carbocycles. The minimum absolute atomic E-state index is 0.577. The number of nitrogens with zero attached hydrogens (tertiary/aromatic N) is 5. The van der Waals surface area contributed by atoms with Crippen LogP contribution in [0.25, 0.3) is 110 Å². The number of aromatic nitrogens is 5. The molecule has 0 atom stereocenters. The second kappa shape index (κ2) is 11.9. The summed E-state index contributed by atoms with van der Waals surface area (Å²) < 4.78 is 4.64. The molecule has 3 heterocycles. The van der Waals surface area contributed by atoms with E-state index in [0.717, 1.165) is 54.8 Å². The number of benzene rings is 9. The van der Waals surface area contributed by atoms with Gasteiger partial charge in [-0.1, -0.05) is 146 Å². The molecule has 0 saturated carbocycles. The summed E-state index contributed by atoms with van der Waals surface area (Å²) in [6.07, 6.45) is 0. The lowest BCUT2D eigenvalue weighted by molar-refractivity contribution is 0.954. The molecule has 56 heavy (non-hydrogen) atoms. The zero-order valence-corrected chi connectivity index (χ0v) is 30.1. The van der Waals surface area contributed by atoms with Gasteiger partial charge in [0.05, 0.1) is 22.1 Å². The molecular formula is C51H31N5. The Labute approximate surface area is 321 Å². The van der Waals surface area contributed by atoms with Crippen LogP contribution in [0.3, 0.4) is 0 Å². The molecule has 0 radical (unpaired) electrons. The van der Waals surface area contributed by atoms with E-state index < -0.39 is 0 Å². The summed E-state index contributed by atoms with van der Waals surface area (Å²) in [4.78, 5) is 15.7. The zero-order valence-electron chi connectivity index (χ0n) is 30.1. The van der Waals surface area contributed by atoms with Crippen molar-refractivity contribution in [1.29, 1.82) is 0 Å². The van der Waals surface area contributed by atoms with Gasteiger partial charge in [0.2, 0.25) is 5.95 Å². The first-order chi connectivity index (χ1) is 27.8. The van der Waals surface area contributed by atoms with Gasteiger partial charge in [-0.05, 0) is 74.8 Å². The van der Waals surface area contributed by atoms with E-state index in [-0.39, 0.29) is 0 Å². The second-order valence-electron chi connectivity index (χ2n) is 14.5. The molecule has 0 N–H and O–H groups in total. The number of hydrogen-bond donors (Lipinski definition) is 0. The maximum atomic E-state index is 5.32. The molecule has 0 aliphatic heterocycles. The van der Waals surface area contributed by atoms with E-state index in [4.69, 9.17) is 15.0 Å². The van der Waals surface area contributed by atoms with Gasteiger partial charge in [0, 0.05) is 38.4 Å². The summed E-state index contributed by atoms with van der Waals surface area (Å²) in [7, 11) is 0. The van der Waals surface area contributed by atoms with Crippen LogP contribution in [-0.2, 0) is 0 Å². The summed E-state index contributed by atoms with van der Waals surface area (Å²) in [6.45, 7) is 0. The molecule has 0 saturated heterocycles. The van der Waals surface area contributed by atoms with Crippen molar-refractivity contribution in [3.63, 3.8) is 0 Å². The fourth-order valence-corrected chi connectivity index (χ4v) is 8.79. The first kappa shape index (κ1) is 30.8. The Morgan fingerprint density at radius 3 is 1.77 bits per heavy atom. The fraction of sp³-hybridized carbons (Fsp3) is 0. The molecule has 0 fully saturated rings. The molecule has 5 heteroatoms. The summed E-state index contributed by atoms with van der Waals surface area (Å²) in [6, 6.07) is 66.9. The number of fused-ring (bicyclic) bond motifs is 10. The molecule has 12 rings (SSSR count). The van der Waals surface area contributed by atoms with Crippen molar-refractivity contribution in [3.8, 4) is 34.4 Å². The number of para-hydroxylation sites is 1. The lowest BCUT2D eigenvalue weighted by Crippen LogP contribution is -2.06. The summed E-state index contributed by atoms with van der Waals surface area (Å²) in [5.74, 6) is 1.84. The molecule has 12 aromatic rings. The third-order valence-corrected chi connectivity index (χ3v) is 11.3. The minimum Gasteiger partial charge on any atom is -0.309 e. The smallest absolute Gasteiger partial charge is 0.238 e. The molecule has 0 amide bonds. The van der Waals surface area contributed by atoms with E-state index in [9.17, 15) is 0 Å². The van der Waals surface area contributed by atoms with Gasteiger partial charge in [-0.25, -0.2) is 4.98 Å². The summed E-state index contributed by atoms with van der Waals surface area (Å²) >= 11 is 0. The van der Waals surface area contributed by atoms with E-state index >= 15 is 0 Å². The van der Waals surface area contributed by atoms with Gasteiger partial charge >= 0.3 is 0 Å². The van der Waals surface area contributed by atoms with Gasteiger partial charge in [0.1, 0.15) is 0 Å². The van der Waals surface area contributed by atoms with E-state index in [0.29, 0.717) is 17.6 Å². The maximum Gasteiger partial charge on any atom is 0.238 e. The van der Waals surface area contributed by atoms with Gasteiger partial charge in [0.15, 0.2) is 11.6 Å². The van der Waals surface area contributed by atoms with Crippen LogP contribution in [-0.4, -0.2) is 24.1 Å². The molecule has 5 nitrogen and oxygen atoms in total. The van der Waals surface area contributed by atoms with Crippen LogP contribution in [0, 0.1) is 0 Å². The Kier molecular flexibility index (Phi) is 6.56. The van der Waals surface area contributed by atoms with Crippen LogP contribution in [0.2, 0.25) is 0 Å². The Balaban J connectivity index is 1.17. The largest absolute Gasteiger partial charge is 0.309 e. The molecule has 0 bridgehead atoms. The van der Waals surface area contributed by atoms with Crippen LogP contribution in [0.15, 0.2) is 188 Å². The Morgan fingerprint density at radius 2 is 0.929 bits per heavy atom. The van der Waals surface area contributed by atoms with Crippen LogP contribution < -0.4 is 0 Å². The molecule has 0 aliphatic rings. The number of rotatable bonds is 4. The van der Waals surface area contributed by atoms with Crippen LogP contribution >= 0.6 is 0 Å². The standard InChI is InChI=1S/C51H31N5/c1-2-15-34(16-3-1)49-52-50(40-23-12-19-32-13-6-8-20-38(32)40)54-51(53-49)56-45-28-26-37(31-43(45)42-29-35-17-4-5-18-36(35)30-47(42)56)55-44-24-11-10-22-41(44)48-39-21-9-7-14-33(39)25-27-46(48)55/h1-31H. The molecule has 0 unspecified atom stereocenters. The maximum absolute atomic E-state index is 5.32. The van der Waals surface area contributed by atoms with E-state index in [1.807, 2.05) is 18.2 Å². The van der Waals surface area contributed by atoms with Gasteiger partial charge in [-0.15, -0.1) is 0 Å². The molecule has 3 aromatic heterocycles. The minimum atomic E-state index is 0.577. The van der Waals surface area contributed by atoms with Gasteiger partial charge < -0.3 is 4.57 Å². The highest BCUT2D eigenvalue weighted by atomic mass is 15.2. The first-order valence-corrected chi connectivity index (χ1v) is 19.0. The molecular weight excluding hydrogens is 683 g/mol. The topological polar surface area (TPSA) is 48.5 Å². The van der Waals surface area contributed by atoms with Crippen LogP contribution in [0.4, 0.5) is 0 Å². The summed E-state index contributed by atoms with van der Waals surface area (Å²) in [5.41, 5.74) is 7.43. The normalized spacial score (nSPS) is 11.9. The van der Waals surface area contributed by atoms with Crippen molar-refractivity contribution in [2.24, 2.45) is 0 Å².